The first-order chi connectivity index (χ1) is 9.30. The Morgan fingerprint density at radius 1 is 1.60 bits per heavy atom. The van der Waals surface area contributed by atoms with E-state index in [0.717, 1.165) is 19.5 Å². The van der Waals surface area contributed by atoms with Gasteiger partial charge in [-0.05, 0) is 47.9 Å². The molecule has 0 amide bonds. The molecular formula is C12H17BrClN3O2S. The van der Waals surface area contributed by atoms with E-state index >= 15 is 0 Å². The number of aromatic nitrogens is 1. The van der Waals surface area contributed by atoms with Crippen LogP contribution in [0.2, 0.25) is 5.15 Å². The van der Waals surface area contributed by atoms with Gasteiger partial charge in [-0.1, -0.05) is 11.6 Å². The number of hydrogen-bond donors (Lipinski definition) is 0. The highest BCUT2D eigenvalue weighted by atomic mass is 79.9. The maximum absolute atomic E-state index is 12.5. The maximum atomic E-state index is 12.5. The molecule has 2 heterocycles. The van der Waals surface area contributed by atoms with E-state index in [9.17, 15) is 8.42 Å². The Bertz CT molecular complexity index is 596. The largest absolute Gasteiger partial charge is 0.306 e. The molecule has 8 heteroatoms. The third-order valence-corrected chi connectivity index (χ3v) is 6.15. The molecule has 0 bridgehead atoms. The lowest BCUT2D eigenvalue weighted by Crippen LogP contribution is -2.33. The summed E-state index contributed by atoms with van der Waals surface area (Å²) in [5.41, 5.74) is 0. The van der Waals surface area contributed by atoms with Crippen molar-refractivity contribution in [3.8, 4) is 0 Å². The van der Waals surface area contributed by atoms with Crippen molar-refractivity contribution in [3.05, 3.63) is 21.9 Å². The summed E-state index contributed by atoms with van der Waals surface area (Å²) in [4.78, 5) is 6.13. The number of likely N-dealkylation sites (tertiary alicyclic amines) is 1. The van der Waals surface area contributed by atoms with Crippen molar-refractivity contribution in [3.63, 3.8) is 0 Å². The van der Waals surface area contributed by atoms with Crippen molar-refractivity contribution in [1.82, 2.24) is 14.2 Å². The Labute approximate surface area is 133 Å². The smallest absolute Gasteiger partial charge is 0.245 e. The molecule has 0 radical (unpaired) electrons. The third-order valence-electron chi connectivity index (χ3n) is 3.47. The number of rotatable bonds is 4. The average Bonchev–Trinajstić information content (AvgIpc) is 2.77. The van der Waals surface area contributed by atoms with Gasteiger partial charge in [0, 0.05) is 30.8 Å². The molecule has 0 spiro atoms. The number of hydrogen-bond acceptors (Lipinski definition) is 4. The predicted octanol–water partition coefficient (Wildman–Crippen LogP) is 2.07. The molecule has 1 aliphatic rings. The van der Waals surface area contributed by atoms with Crippen molar-refractivity contribution in [2.24, 2.45) is 5.92 Å². The lowest BCUT2D eigenvalue weighted by Gasteiger charge is -2.21. The molecule has 112 valence electrons. The zero-order valence-corrected chi connectivity index (χ0v) is 14.5. The second-order valence-electron chi connectivity index (χ2n) is 5.14. The fourth-order valence-electron chi connectivity index (χ4n) is 2.39. The van der Waals surface area contributed by atoms with Gasteiger partial charge in [0.1, 0.15) is 10.0 Å². The van der Waals surface area contributed by atoms with E-state index in [-0.39, 0.29) is 10.0 Å². The van der Waals surface area contributed by atoms with Gasteiger partial charge in [-0.2, -0.15) is 0 Å². The maximum Gasteiger partial charge on any atom is 0.245 e. The molecule has 1 unspecified atom stereocenters. The van der Waals surface area contributed by atoms with Gasteiger partial charge in [-0.15, -0.1) is 0 Å². The van der Waals surface area contributed by atoms with Crippen molar-refractivity contribution in [2.45, 2.75) is 11.3 Å². The number of nitrogens with zero attached hydrogens (tertiary/aromatic N) is 3. The summed E-state index contributed by atoms with van der Waals surface area (Å²) < 4.78 is 27.0. The lowest BCUT2D eigenvalue weighted by atomic mass is 10.1. The molecule has 1 aliphatic heterocycles. The van der Waals surface area contributed by atoms with Gasteiger partial charge in [0.25, 0.3) is 0 Å². The van der Waals surface area contributed by atoms with Gasteiger partial charge in [-0.3, -0.25) is 0 Å². The minimum atomic E-state index is -3.61. The summed E-state index contributed by atoms with van der Waals surface area (Å²) in [6.07, 6.45) is 2.49. The molecule has 0 aromatic carbocycles. The second kappa shape index (κ2) is 6.27. The van der Waals surface area contributed by atoms with Gasteiger partial charge in [-0.25, -0.2) is 17.7 Å². The molecule has 5 nitrogen and oxygen atoms in total. The minimum absolute atomic E-state index is 0.00332. The summed E-state index contributed by atoms with van der Waals surface area (Å²) in [6, 6.07) is 1.49. The monoisotopic (exact) mass is 381 g/mol. The Morgan fingerprint density at radius 3 is 2.90 bits per heavy atom. The van der Waals surface area contributed by atoms with Crippen molar-refractivity contribution < 1.29 is 8.42 Å². The molecule has 1 saturated heterocycles. The average molecular weight is 383 g/mol. The number of halogens is 2. The molecule has 0 saturated carbocycles. The van der Waals surface area contributed by atoms with E-state index in [1.54, 1.807) is 7.05 Å². The van der Waals surface area contributed by atoms with E-state index in [1.807, 2.05) is 7.05 Å². The minimum Gasteiger partial charge on any atom is -0.306 e. The Hall–Kier alpha value is -0.210. The van der Waals surface area contributed by atoms with Gasteiger partial charge >= 0.3 is 0 Å². The van der Waals surface area contributed by atoms with Crippen LogP contribution >= 0.6 is 27.5 Å². The van der Waals surface area contributed by atoms with Gasteiger partial charge in [0.05, 0.1) is 0 Å². The predicted molar refractivity (Wildman–Crippen MR) is 82.4 cm³/mol. The van der Waals surface area contributed by atoms with Crippen molar-refractivity contribution >= 4 is 37.6 Å². The van der Waals surface area contributed by atoms with Crippen LogP contribution in [-0.4, -0.2) is 56.3 Å². The normalized spacial score (nSPS) is 20.8. The Kier molecular flexibility index (Phi) is 5.07. The number of pyridine rings is 1. The molecule has 1 fully saturated rings. The summed E-state index contributed by atoms with van der Waals surface area (Å²) in [7, 11) is 0.0267. The topological polar surface area (TPSA) is 53.5 Å². The van der Waals surface area contributed by atoms with E-state index in [2.05, 4.69) is 25.8 Å². The zero-order chi connectivity index (χ0) is 14.9. The Morgan fingerprint density at radius 2 is 2.30 bits per heavy atom. The highest BCUT2D eigenvalue weighted by Gasteiger charge is 2.29. The van der Waals surface area contributed by atoms with E-state index in [0.29, 0.717) is 16.9 Å². The van der Waals surface area contributed by atoms with Crippen LogP contribution in [0.25, 0.3) is 0 Å². The van der Waals surface area contributed by atoms with Crippen LogP contribution in [0.3, 0.4) is 0 Å². The van der Waals surface area contributed by atoms with Crippen molar-refractivity contribution in [2.75, 3.05) is 33.7 Å². The molecular weight excluding hydrogens is 366 g/mol. The van der Waals surface area contributed by atoms with Gasteiger partial charge in [0.2, 0.25) is 10.0 Å². The standard InChI is InChI=1S/C12H17BrClN3O2S/c1-16-4-3-9(7-16)8-17(2)20(18,19)11-5-10(13)6-15-12(11)14/h5-6,9H,3-4,7-8H2,1-2H3. The Balaban J connectivity index is 2.19. The zero-order valence-electron chi connectivity index (χ0n) is 11.4. The van der Waals surface area contributed by atoms with Crippen LogP contribution in [0.15, 0.2) is 21.6 Å². The van der Waals surface area contributed by atoms with E-state index in [1.165, 1.54) is 16.6 Å². The summed E-state index contributed by atoms with van der Waals surface area (Å²) in [5, 5.41) is 0.00332. The fraction of sp³-hybridized carbons (Fsp3) is 0.583. The summed E-state index contributed by atoms with van der Waals surface area (Å²) >= 11 is 9.14. The van der Waals surface area contributed by atoms with E-state index < -0.39 is 10.0 Å². The molecule has 1 aromatic rings. The first kappa shape index (κ1) is 16.2. The third kappa shape index (κ3) is 3.51. The number of sulfonamides is 1. The lowest BCUT2D eigenvalue weighted by molar-refractivity contribution is 0.356. The van der Waals surface area contributed by atoms with E-state index in [4.69, 9.17) is 11.6 Å². The van der Waals surface area contributed by atoms with Crippen LogP contribution in [0.5, 0.6) is 0 Å². The van der Waals surface area contributed by atoms with Crippen LogP contribution in [0.1, 0.15) is 6.42 Å². The van der Waals surface area contributed by atoms with Crippen LogP contribution in [0, 0.1) is 5.92 Å². The highest BCUT2D eigenvalue weighted by Crippen LogP contribution is 2.26. The first-order valence-corrected chi connectivity index (χ1v) is 8.87. The molecule has 0 aliphatic carbocycles. The fourth-order valence-corrected chi connectivity index (χ4v) is 4.55. The molecule has 0 N–H and O–H groups in total. The van der Waals surface area contributed by atoms with Gasteiger partial charge < -0.3 is 4.90 Å². The molecule has 20 heavy (non-hydrogen) atoms. The van der Waals surface area contributed by atoms with Crippen molar-refractivity contribution in [1.29, 1.82) is 0 Å². The molecule has 1 aromatic heterocycles. The van der Waals surface area contributed by atoms with Crippen LogP contribution in [-0.2, 0) is 10.0 Å². The van der Waals surface area contributed by atoms with Crippen LogP contribution < -0.4 is 0 Å². The first-order valence-electron chi connectivity index (χ1n) is 6.26. The summed E-state index contributed by atoms with van der Waals surface area (Å²) in [5.74, 6) is 0.360. The molecule has 1 atom stereocenters. The summed E-state index contributed by atoms with van der Waals surface area (Å²) in [6.45, 7) is 2.43. The highest BCUT2D eigenvalue weighted by molar-refractivity contribution is 9.10. The van der Waals surface area contributed by atoms with Crippen LogP contribution in [0.4, 0.5) is 0 Å². The SMILES string of the molecule is CN1CCC(CN(C)S(=O)(=O)c2cc(Br)cnc2Cl)C1. The molecule has 2 rings (SSSR count). The quantitative estimate of drug-likeness (QED) is 0.748. The second-order valence-corrected chi connectivity index (χ2v) is 8.43. The van der Waals surface area contributed by atoms with Gasteiger partial charge in [0.15, 0.2) is 0 Å².